The maximum absolute atomic E-state index is 6.12. The molecule has 3 rings (SSSR count). The number of rotatable bonds is 12. The lowest BCUT2D eigenvalue weighted by molar-refractivity contribution is 0.852. The predicted octanol–water partition coefficient (Wildman–Crippen LogP) is 6.36. The molecule has 0 aliphatic carbocycles. The van der Waals surface area contributed by atoms with E-state index in [0.29, 0.717) is 0 Å². The summed E-state index contributed by atoms with van der Waals surface area (Å²) in [5, 5.41) is 7.27. The van der Waals surface area contributed by atoms with Gasteiger partial charge in [0, 0.05) is 55.5 Å². The van der Waals surface area contributed by atoms with Gasteiger partial charge in [0.1, 0.15) is 0 Å². The molecule has 0 aromatic heterocycles. The summed E-state index contributed by atoms with van der Waals surface area (Å²) in [4.78, 5) is 4.75. The van der Waals surface area contributed by atoms with E-state index in [1.165, 1.54) is 16.9 Å². The van der Waals surface area contributed by atoms with Crippen molar-refractivity contribution in [3.63, 3.8) is 0 Å². The Hall–Kier alpha value is -3.34. The van der Waals surface area contributed by atoms with Crippen molar-refractivity contribution in [1.29, 1.82) is 0 Å². The number of benzene rings is 3. The highest BCUT2D eigenvalue weighted by Gasteiger charge is 2.11. The van der Waals surface area contributed by atoms with Crippen molar-refractivity contribution in [3.8, 4) is 0 Å². The summed E-state index contributed by atoms with van der Waals surface area (Å²) in [6.07, 6.45) is 0.902. The minimum absolute atomic E-state index is 0.816. The summed E-state index contributed by atoms with van der Waals surface area (Å²) in [6, 6.07) is 23.2. The molecule has 0 fully saturated rings. The van der Waals surface area contributed by atoms with Gasteiger partial charge in [0.15, 0.2) is 0 Å². The zero-order chi connectivity index (χ0) is 23.6. The molecule has 3 aromatic carbocycles. The molecule has 5 heteroatoms. The topological polar surface area (TPSA) is 56.6 Å². The van der Waals surface area contributed by atoms with Gasteiger partial charge in [-0.2, -0.15) is 0 Å². The normalized spacial score (nSPS) is 10.7. The van der Waals surface area contributed by atoms with E-state index in [9.17, 15) is 0 Å². The molecule has 0 spiro atoms. The molecule has 0 aliphatic rings. The molecule has 5 nitrogen and oxygen atoms in total. The Bertz CT molecular complexity index is 994. The van der Waals surface area contributed by atoms with E-state index >= 15 is 0 Å². The van der Waals surface area contributed by atoms with E-state index in [1.54, 1.807) is 0 Å². The lowest BCUT2D eigenvalue weighted by atomic mass is 10.1. The number of para-hydroxylation sites is 1. The minimum Gasteiger partial charge on any atom is -0.399 e. The van der Waals surface area contributed by atoms with Crippen molar-refractivity contribution in [3.05, 3.63) is 72.3 Å². The zero-order valence-electron chi connectivity index (χ0n) is 20.6. The Morgan fingerprint density at radius 2 is 1.42 bits per heavy atom. The number of nitrogens with two attached hydrogens (primary N) is 1. The Morgan fingerprint density at radius 1 is 0.727 bits per heavy atom. The van der Waals surface area contributed by atoms with Gasteiger partial charge in [-0.1, -0.05) is 18.2 Å². The highest BCUT2D eigenvalue weighted by Crippen LogP contribution is 2.31. The highest BCUT2D eigenvalue weighted by molar-refractivity contribution is 5.78. The minimum atomic E-state index is 0.816. The molecular formula is C28H39N5. The highest BCUT2D eigenvalue weighted by atomic mass is 15.1. The molecule has 0 saturated heterocycles. The summed E-state index contributed by atoms with van der Waals surface area (Å²) < 4.78 is 0. The number of nitrogens with one attached hydrogen (secondary N) is 2. The SMILES string of the molecule is CCN(CC)c1ccc(NCCc2cc(N)ccc2N(CC)CC)c(Nc2ccccc2)c1. The van der Waals surface area contributed by atoms with Crippen LogP contribution in [0.3, 0.4) is 0 Å². The van der Waals surface area contributed by atoms with Crippen LogP contribution in [0.4, 0.5) is 34.1 Å². The van der Waals surface area contributed by atoms with Gasteiger partial charge in [0.25, 0.3) is 0 Å². The van der Waals surface area contributed by atoms with Crippen LogP contribution in [0.2, 0.25) is 0 Å². The molecule has 0 unspecified atom stereocenters. The van der Waals surface area contributed by atoms with Gasteiger partial charge >= 0.3 is 0 Å². The molecule has 4 N–H and O–H groups in total. The summed E-state index contributed by atoms with van der Waals surface area (Å²) >= 11 is 0. The molecular weight excluding hydrogens is 406 g/mol. The fourth-order valence-electron chi connectivity index (χ4n) is 4.26. The van der Waals surface area contributed by atoms with E-state index < -0.39 is 0 Å². The largest absolute Gasteiger partial charge is 0.399 e. The van der Waals surface area contributed by atoms with Gasteiger partial charge in [-0.3, -0.25) is 0 Å². The summed E-state index contributed by atoms with van der Waals surface area (Å²) in [7, 11) is 0. The van der Waals surface area contributed by atoms with Crippen LogP contribution in [0.1, 0.15) is 33.3 Å². The van der Waals surface area contributed by atoms with E-state index in [4.69, 9.17) is 5.73 Å². The number of nitrogens with zero attached hydrogens (tertiary/aromatic N) is 2. The van der Waals surface area contributed by atoms with Gasteiger partial charge in [0.2, 0.25) is 0 Å². The number of anilines is 6. The van der Waals surface area contributed by atoms with E-state index in [0.717, 1.165) is 61.9 Å². The third kappa shape index (κ3) is 6.35. The molecule has 0 saturated carbocycles. The molecule has 3 aromatic rings. The smallest absolute Gasteiger partial charge is 0.0640 e. The first-order chi connectivity index (χ1) is 16.1. The predicted molar refractivity (Wildman–Crippen MR) is 146 cm³/mol. The Labute approximate surface area is 199 Å². The van der Waals surface area contributed by atoms with Crippen molar-refractivity contribution in [1.82, 2.24) is 0 Å². The van der Waals surface area contributed by atoms with E-state index in [2.05, 4.69) is 103 Å². The third-order valence-corrected chi connectivity index (χ3v) is 6.10. The molecule has 0 heterocycles. The van der Waals surface area contributed by atoms with Crippen molar-refractivity contribution in [2.45, 2.75) is 34.1 Å². The summed E-state index contributed by atoms with van der Waals surface area (Å²) in [5.41, 5.74) is 14.0. The van der Waals surface area contributed by atoms with Crippen molar-refractivity contribution in [2.75, 3.05) is 58.9 Å². The standard InChI is InChI=1S/C28H39N5/c1-5-32(6-2)25-15-16-26(27(21-25)31-24-12-10-9-11-13-24)30-19-18-22-20-23(29)14-17-28(22)33(7-3)8-4/h9-17,20-21,30-31H,5-8,18-19,29H2,1-4H3. The van der Waals surface area contributed by atoms with Crippen LogP contribution in [0.15, 0.2) is 66.7 Å². The average molecular weight is 446 g/mol. The van der Waals surface area contributed by atoms with Crippen LogP contribution in [0.25, 0.3) is 0 Å². The van der Waals surface area contributed by atoms with Gasteiger partial charge in [-0.05, 0) is 88.2 Å². The van der Waals surface area contributed by atoms with E-state index in [-0.39, 0.29) is 0 Å². The van der Waals surface area contributed by atoms with Crippen LogP contribution in [-0.2, 0) is 6.42 Å². The van der Waals surface area contributed by atoms with Gasteiger partial charge in [-0.15, -0.1) is 0 Å². The first-order valence-corrected chi connectivity index (χ1v) is 12.2. The molecule has 0 aliphatic heterocycles. The second-order valence-electron chi connectivity index (χ2n) is 8.13. The first-order valence-electron chi connectivity index (χ1n) is 12.2. The molecule has 0 bridgehead atoms. The molecule has 33 heavy (non-hydrogen) atoms. The molecule has 0 radical (unpaired) electrons. The quantitative estimate of drug-likeness (QED) is 0.283. The summed E-state index contributed by atoms with van der Waals surface area (Å²) in [6.45, 7) is 13.5. The Balaban J connectivity index is 1.81. The molecule has 0 amide bonds. The Kier molecular flexibility index (Phi) is 8.87. The van der Waals surface area contributed by atoms with Crippen LogP contribution in [0, 0.1) is 0 Å². The number of hydrogen-bond acceptors (Lipinski definition) is 5. The van der Waals surface area contributed by atoms with Crippen molar-refractivity contribution < 1.29 is 0 Å². The van der Waals surface area contributed by atoms with Crippen LogP contribution in [0.5, 0.6) is 0 Å². The van der Waals surface area contributed by atoms with Crippen LogP contribution < -0.4 is 26.2 Å². The lowest BCUT2D eigenvalue weighted by Crippen LogP contribution is -2.23. The monoisotopic (exact) mass is 445 g/mol. The van der Waals surface area contributed by atoms with Gasteiger partial charge in [0.05, 0.1) is 11.4 Å². The van der Waals surface area contributed by atoms with Gasteiger partial charge in [-0.25, -0.2) is 0 Å². The fourth-order valence-corrected chi connectivity index (χ4v) is 4.26. The van der Waals surface area contributed by atoms with Crippen molar-refractivity contribution >= 4 is 34.1 Å². The number of hydrogen-bond donors (Lipinski definition) is 3. The van der Waals surface area contributed by atoms with Crippen LogP contribution >= 0.6 is 0 Å². The van der Waals surface area contributed by atoms with Gasteiger partial charge < -0.3 is 26.2 Å². The maximum atomic E-state index is 6.12. The third-order valence-electron chi connectivity index (χ3n) is 6.10. The molecule has 176 valence electrons. The zero-order valence-corrected chi connectivity index (χ0v) is 20.6. The summed E-state index contributed by atoms with van der Waals surface area (Å²) in [5.74, 6) is 0. The molecule has 0 atom stereocenters. The van der Waals surface area contributed by atoms with Crippen molar-refractivity contribution in [2.24, 2.45) is 0 Å². The Morgan fingerprint density at radius 3 is 2.09 bits per heavy atom. The fraction of sp³-hybridized carbons (Fsp3) is 0.357. The van der Waals surface area contributed by atoms with Crippen LogP contribution in [-0.4, -0.2) is 32.7 Å². The first kappa shape index (κ1) is 24.3. The lowest BCUT2D eigenvalue weighted by Gasteiger charge is -2.25. The second-order valence-corrected chi connectivity index (χ2v) is 8.13. The van der Waals surface area contributed by atoms with E-state index in [1.807, 2.05) is 12.1 Å². The maximum Gasteiger partial charge on any atom is 0.0640 e. The second kappa shape index (κ2) is 12.0. The average Bonchev–Trinajstić information content (AvgIpc) is 2.83. The number of nitrogen functional groups attached to an aromatic ring is 1.